The minimum Gasteiger partial charge on any atom is -0.384 e. The van der Waals surface area contributed by atoms with Crippen LogP contribution in [0.3, 0.4) is 0 Å². The molecule has 5 nitrogen and oxygen atoms in total. The van der Waals surface area contributed by atoms with Gasteiger partial charge in [-0.05, 0) is 57.6 Å². The average molecular weight is 318 g/mol. The smallest absolute Gasteiger partial charge is 0.128 e. The van der Waals surface area contributed by atoms with Gasteiger partial charge in [0.2, 0.25) is 0 Å². The van der Waals surface area contributed by atoms with Crippen molar-refractivity contribution >= 4 is 11.5 Å². The lowest BCUT2D eigenvalue weighted by Crippen LogP contribution is -2.45. The van der Waals surface area contributed by atoms with Crippen LogP contribution >= 0.6 is 0 Å². The highest BCUT2D eigenvalue weighted by atomic mass is 16.5. The van der Waals surface area contributed by atoms with Gasteiger partial charge in [0, 0.05) is 25.7 Å². The number of anilines is 2. The van der Waals surface area contributed by atoms with Crippen LogP contribution < -0.4 is 16.0 Å². The Balaban J connectivity index is 1.51. The van der Waals surface area contributed by atoms with Crippen molar-refractivity contribution in [1.29, 1.82) is 0 Å². The predicted octanol–water partition coefficient (Wildman–Crippen LogP) is 2.62. The summed E-state index contributed by atoms with van der Waals surface area (Å²) in [5.74, 6) is 1.79. The van der Waals surface area contributed by atoms with Crippen molar-refractivity contribution in [2.75, 3.05) is 29.9 Å². The van der Waals surface area contributed by atoms with Crippen LogP contribution in [0.1, 0.15) is 39.5 Å². The highest BCUT2D eigenvalue weighted by Gasteiger charge is 2.23. The van der Waals surface area contributed by atoms with E-state index in [1.807, 2.05) is 6.20 Å². The number of morpholine rings is 1. The fraction of sp³-hybridized carbons (Fsp3) is 0.722. The summed E-state index contributed by atoms with van der Waals surface area (Å²) in [6.45, 7) is 7.08. The number of ether oxygens (including phenoxy) is 1. The molecule has 1 aliphatic heterocycles. The molecule has 1 aromatic rings. The Kier molecular flexibility index (Phi) is 5.38. The summed E-state index contributed by atoms with van der Waals surface area (Å²) >= 11 is 0. The monoisotopic (exact) mass is 318 g/mol. The highest BCUT2D eigenvalue weighted by molar-refractivity contribution is 5.49. The summed E-state index contributed by atoms with van der Waals surface area (Å²) in [6, 6.07) is 4.68. The van der Waals surface area contributed by atoms with E-state index >= 15 is 0 Å². The van der Waals surface area contributed by atoms with Gasteiger partial charge in [-0.2, -0.15) is 0 Å². The lowest BCUT2D eigenvalue weighted by Gasteiger charge is -2.36. The molecule has 0 amide bonds. The number of nitrogens with two attached hydrogens (primary N) is 1. The molecule has 5 heteroatoms. The van der Waals surface area contributed by atoms with Crippen molar-refractivity contribution in [3.05, 3.63) is 18.3 Å². The topological polar surface area (TPSA) is 63.4 Å². The lowest BCUT2D eigenvalue weighted by atomic mass is 9.86. The van der Waals surface area contributed by atoms with Crippen molar-refractivity contribution in [1.82, 2.24) is 4.98 Å². The standard InChI is InChI=1S/C18H30N4O/c1-13-11-22(12-14(2)23-13)18-8-7-17(10-21-18)20-9-15-3-5-16(19)6-4-15/h7-8,10,13-16,20H,3-6,9,11-12,19H2,1-2H3/t13-,14+,15-,16-. The van der Waals surface area contributed by atoms with E-state index < -0.39 is 0 Å². The third-order valence-electron chi connectivity index (χ3n) is 4.98. The normalized spacial score (nSPS) is 31.9. The van der Waals surface area contributed by atoms with E-state index in [2.05, 4.69) is 41.2 Å². The second-order valence-corrected chi connectivity index (χ2v) is 7.23. The molecule has 0 radical (unpaired) electrons. The minimum atomic E-state index is 0.260. The number of rotatable bonds is 4. The average Bonchev–Trinajstić information content (AvgIpc) is 2.54. The Bertz CT molecular complexity index is 474. The summed E-state index contributed by atoms with van der Waals surface area (Å²) in [5.41, 5.74) is 7.08. The Labute approximate surface area is 139 Å². The highest BCUT2D eigenvalue weighted by Crippen LogP contribution is 2.24. The molecule has 2 aliphatic rings. The van der Waals surface area contributed by atoms with Crippen molar-refractivity contribution in [2.45, 2.75) is 57.8 Å². The molecule has 1 saturated carbocycles. The first kappa shape index (κ1) is 16.5. The van der Waals surface area contributed by atoms with Crippen LogP contribution in [0.4, 0.5) is 11.5 Å². The fourth-order valence-corrected chi connectivity index (χ4v) is 3.70. The molecule has 1 aromatic heterocycles. The molecule has 2 fully saturated rings. The Morgan fingerprint density at radius 2 is 1.87 bits per heavy atom. The number of pyridine rings is 1. The molecule has 128 valence electrons. The summed E-state index contributed by atoms with van der Waals surface area (Å²) in [7, 11) is 0. The molecular formula is C18H30N4O. The van der Waals surface area contributed by atoms with Crippen LogP contribution in [0, 0.1) is 5.92 Å². The molecule has 3 rings (SSSR count). The molecule has 2 atom stereocenters. The second kappa shape index (κ2) is 7.49. The van der Waals surface area contributed by atoms with E-state index in [4.69, 9.17) is 10.5 Å². The Hall–Kier alpha value is -1.33. The van der Waals surface area contributed by atoms with E-state index in [0.29, 0.717) is 6.04 Å². The fourth-order valence-electron chi connectivity index (χ4n) is 3.70. The number of hydrogen-bond donors (Lipinski definition) is 2. The maximum absolute atomic E-state index is 5.97. The first-order valence-corrected chi connectivity index (χ1v) is 8.96. The maximum Gasteiger partial charge on any atom is 0.128 e. The molecular weight excluding hydrogens is 288 g/mol. The van der Waals surface area contributed by atoms with Crippen molar-refractivity contribution in [2.24, 2.45) is 11.7 Å². The molecule has 0 aromatic carbocycles. The van der Waals surface area contributed by atoms with Crippen molar-refractivity contribution in [3.8, 4) is 0 Å². The van der Waals surface area contributed by atoms with Crippen molar-refractivity contribution in [3.63, 3.8) is 0 Å². The molecule has 0 spiro atoms. The summed E-state index contributed by atoms with van der Waals surface area (Å²) in [6.07, 6.45) is 7.28. The summed E-state index contributed by atoms with van der Waals surface area (Å²) in [5, 5.41) is 3.53. The number of nitrogens with zero attached hydrogens (tertiary/aromatic N) is 2. The van der Waals surface area contributed by atoms with E-state index in [1.54, 1.807) is 0 Å². The third kappa shape index (κ3) is 4.58. The first-order valence-electron chi connectivity index (χ1n) is 8.96. The predicted molar refractivity (Wildman–Crippen MR) is 94.9 cm³/mol. The zero-order valence-corrected chi connectivity index (χ0v) is 14.4. The Morgan fingerprint density at radius 1 is 1.17 bits per heavy atom. The lowest BCUT2D eigenvalue weighted by molar-refractivity contribution is -0.00545. The summed E-state index contributed by atoms with van der Waals surface area (Å²) in [4.78, 5) is 6.95. The molecule has 3 N–H and O–H groups in total. The van der Waals surface area contributed by atoms with Gasteiger partial charge in [0.05, 0.1) is 24.1 Å². The van der Waals surface area contributed by atoms with Crippen molar-refractivity contribution < 1.29 is 4.74 Å². The van der Waals surface area contributed by atoms with E-state index in [0.717, 1.165) is 49.9 Å². The van der Waals surface area contributed by atoms with Gasteiger partial charge in [-0.3, -0.25) is 0 Å². The van der Waals surface area contributed by atoms with Crippen LogP contribution in [0.15, 0.2) is 18.3 Å². The quantitative estimate of drug-likeness (QED) is 0.893. The molecule has 0 unspecified atom stereocenters. The minimum absolute atomic E-state index is 0.260. The van der Waals surface area contributed by atoms with Gasteiger partial charge >= 0.3 is 0 Å². The van der Waals surface area contributed by atoms with Gasteiger partial charge in [0.25, 0.3) is 0 Å². The maximum atomic E-state index is 5.97. The van der Waals surface area contributed by atoms with E-state index in [1.165, 1.54) is 12.8 Å². The Morgan fingerprint density at radius 3 is 2.48 bits per heavy atom. The molecule has 23 heavy (non-hydrogen) atoms. The molecule has 1 saturated heterocycles. The number of hydrogen-bond acceptors (Lipinski definition) is 5. The molecule has 0 bridgehead atoms. The number of aromatic nitrogens is 1. The van der Waals surface area contributed by atoms with Crippen LogP contribution in [0.5, 0.6) is 0 Å². The van der Waals surface area contributed by atoms with Gasteiger partial charge in [0.15, 0.2) is 0 Å². The van der Waals surface area contributed by atoms with Gasteiger partial charge in [-0.15, -0.1) is 0 Å². The van der Waals surface area contributed by atoms with E-state index in [-0.39, 0.29) is 12.2 Å². The van der Waals surface area contributed by atoms with Gasteiger partial charge in [0.1, 0.15) is 5.82 Å². The van der Waals surface area contributed by atoms with Gasteiger partial charge in [-0.1, -0.05) is 0 Å². The first-order chi connectivity index (χ1) is 11.1. The zero-order valence-electron chi connectivity index (χ0n) is 14.4. The summed E-state index contributed by atoms with van der Waals surface area (Å²) < 4.78 is 5.78. The second-order valence-electron chi connectivity index (χ2n) is 7.23. The number of nitrogens with one attached hydrogen (secondary N) is 1. The SMILES string of the molecule is C[C@@H]1CN(c2ccc(NC[C@H]3CC[C@H](N)CC3)cn2)C[C@H](C)O1. The van der Waals surface area contributed by atoms with Crippen LogP contribution in [0.2, 0.25) is 0 Å². The molecule has 2 heterocycles. The van der Waals surface area contributed by atoms with Crippen LogP contribution in [-0.2, 0) is 4.74 Å². The zero-order chi connectivity index (χ0) is 16.2. The van der Waals surface area contributed by atoms with Gasteiger partial charge in [-0.25, -0.2) is 4.98 Å². The van der Waals surface area contributed by atoms with Gasteiger partial charge < -0.3 is 20.7 Å². The third-order valence-corrected chi connectivity index (χ3v) is 4.98. The van der Waals surface area contributed by atoms with E-state index in [9.17, 15) is 0 Å². The molecule has 1 aliphatic carbocycles. The largest absolute Gasteiger partial charge is 0.384 e. The van der Waals surface area contributed by atoms with Crippen LogP contribution in [0.25, 0.3) is 0 Å². The van der Waals surface area contributed by atoms with Crippen LogP contribution in [-0.4, -0.2) is 42.9 Å².